The molecule has 1 nitrogen and oxygen atoms in total. The number of carbonyl (C=O) groups excluding carboxylic acids is 1. The third-order valence-corrected chi connectivity index (χ3v) is 9.43. The summed E-state index contributed by atoms with van der Waals surface area (Å²) in [6.07, 6.45) is 1.64. The summed E-state index contributed by atoms with van der Waals surface area (Å²) in [4.78, 5) is 11.2. The predicted molar refractivity (Wildman–Crippen MR) is 99.5 cm³/mol. The van der Waals surface area contributed by atoms with Gasteiger partial charge in [0.25, 0.3) is 0 Å². The van der Waals surface area contributed by atoms with Gasteiger partial charge < -0.3 is 4.79 Å². The Morgan fingerprint density at radius 1 is 0.609 bits per heavy atom. The average molecular weight is 316 g/mol. The van der Waals surface area contributed by atoms with Crippen molar-refractivity contribution in [3.05, 3.63) is 91.0 Å². The number of hydrogen-bond acceptors (Lipinski definition) is 1. The highest BCUT2D eigenvalue weighted by Crippen LogP contribution is 2.14. The van der Waals surface area contributed by atoms with Crippen molar-refractivity contribution in [2.75, 3.05) is 0 Å². The summed E-state index contributed by atoms with van der Waals surface area (Å²) in [5.41, 5.74) is 0. The fraction of sp³-hybridized carbons (Fsp3) is 0.0952. The van der Waals surface area contributed by atoms with Crippen LogP contribution in [0.15, 0.2) is 91.0 Å². The monoisotopic (exact) mass is 316 g/mol. The van der Waals surface area contributed by atoms with Gasteiger partial charge in [-0.3, -0.25) is 0 Å². The van der Waals surface area contributed by atoms with E-state index in [9.17, 15) is 4.79 Å². The van der Waals surface area contributed by atoms with Crippen molar-refractivity contribution in [1.29, 1.82) is 0 Å². The number of aldehydes is 1. The average Bonchev–Trinajstić information content (AvgIpc) is 2.65. The molecule has 3 aromatic carbocycles. The first kappa shape index (κ1) is 15.4. The maximum atomic E-state index is 11.2. The van der Waals surface area contributed by atoms with Crippen molar-refractivity contribution >= 4 is 29.9 Å². The second kappa shape index (κ2) is 7.21. The molecule has 0 bridgehead atoms. The van der Waals surface area contributed by atoms with E-state index in [-0.39, 0.29) is 0 Å². The molecular formula is C21H20OSi. The molecule has 3 rings (SSSR count). The van der Waals surface area contributed by atoms with E-state index >= 15 is 0 Å². The van der Waals surface area contributed by atoms with Crippen LogP contribution < -0.4 is 15.6 Å². The summed E-state index contributed by atoms with van der Waals surface area (Å²) >= 11 is 0. The van der Waals surface area contributed by atoms with Crippen LogP contribution in [0.25, 0.3) is 0 Å². The second-order valence-electron chi connectivity index (χ2n) is 5.71. The zero-order chi connectivity index (χ0) is 16.0. The Kier molecular flexibility index (Phi) is 4.84. The number of carbonyl (C=O) groups is 1. The van der Waals surface area contributed by atoms with Gasteiger partial charge in [-0.25, -0.2) is 0 Å². The Bertz CT molecular complexity index is 642. The number of rotatable bonds is 6. The fourth-order valence-corrected chi connectivity index (χ4v) is 8.08. The standard InChI is InChI=1S/C21H20OSi/c22-17-10-18-23(19-11-4-1-5-12-19,20-13-6-2-7-14-20)21-15-8-3-9-16-21/h1-9,11-17H,10,18H2. The van der Waals surface area contributed by atoms with Gasteiger partial charge in [-0.1, -0.05) is 91.0 Å². The second-order valence-corrected chi connectivity index (χ2v) is 9.75. The fourth-order valence-electron chi connectivity index (χ4n) is 3.38. The highest BCUT2D eigenvalue weighted by atomic mass is 28.3. The summed E-state index contributed by atoms with van der Waals surface area (Å²) in [7, 11) is -2.18. The highest BCUT2D eigenvalue weighted by molar-refractivity contribution is 7.11. The van der Waals surface area contributed by atoms with Gasteiger partial charge in [0.05, 0.1) is 0 Å². The molecule has 23 heavy (non-hydrogen) atoms. The van der Waals surface area contributed by atoms with E-state index in [0.29, 0.717) is 6.42 Å². The lowest BCUT2D eigenvalue weighted by molar-refractivity contribution is -0.107. The number of benzene rings is 3. The SMILES string of the molecule is O=CCC[Si](c1ccccc1)(c1ccccc1)c1ccccc1. The zero-order valence-corrected chi connectivity index (χ0v) is 14.1. The lowest BCUT2D eigenvalue weighted by Crippen LogP contribution is -2.66. The summed E-state index contributed by atoms with van der Waals surface area (Å²) in [6, 6.07) is 33.0. The Balaban J connectivity index is 2.27. The minimum absolute atomic E-state index is 0.588. The van der Waals surface area contributed by atoms with Gasteiger partial charge in [0.2, 0.25) is 0 Å². The van der Waals surface area contributed by atoms with E-state index in [0.717, 1.165) is 12.3 Å². The lowest BCUT2D eigenvalue weighted by atomic mass is 10.3. The van der Waals surface area contributed by atoms with Crippen molar-refractivity contribution in [1.82, 2.24) is 0 Å². The normalized spacial score (nSPS) is 11.1. The Morgan fingerprint density at radius 2 is 0.957 bits per heavy atom. The Morgan fingerprint density at radius 3 is 1.26 bits per heavy atom. The van der Waals surface area contributed by atoms with Gasteiger partial charge in [0.15, 0.2) is 0 Å². The minimum Gasteiger partial charge on any atom is -0.303 e. The smallest absolute Gasteiger partial charge is 0.148 e. The van der Waals surface area contributed by atoms with Crippen LogP contribution in [-0.4, -0.2) is 14.4 Å². The maximum Gasteiger partial charge on any atom is 0.148 e. The van der Waals surface area contributed by atoms with Crippen molar-refractivity contribution in [3.63, 3.8) is 0 Å². The minimum atomic E-state index is -2.18. The van der Waals surface area contributed by atoms with Crippen LogP contribution in [0.4, 0.5) is 0 Å². The highest BCUT2D eigenvalue weighted by Gasteiger charge is 2.38. The Hall–Kier alpha value is -2.45. The molecule has 0 heterocycles. The molecule has 0 fully saturated rings. The molecule has 0 spiro atoms. The molecule has 0 radical (unpaired) electrons. The summed E-state index contributed by atoms with van der Waals surface area (Å²) in [5.74, 6) is 0. The molecule has 0 aromatic heterocycles. The first-order chi connectivity index (χ1) is 11.4. The molecule has 0 saturated heterocycles. The quantitative estimate of drug-likeness (QED) is 0.388. The summed E-state index contributed by atoms with van der Waals surface area (Å²) in [5, 5.41) is 4.08. The maximum absolute atomic E-state index is 11.2. The first-order valence-electron chi connectivity index (χ1n) is 7.98. The molecule has 0 saturated carbocycles. The molecule has 0 N–H and O–H groups in total. The van der Waals surface area contributed by atoms with Crippen LogP contribution in [-0.2, 0) is 4.79 Å². The number of hydrogen-bond donors (Lipinski definition) is 0. The molecule has 2 heteroatoms. The van der Waals surface area contributed by atoms with Gasteiger partial charge in [0.1, 0.15) is 14.4 Å². The van der Waals surface area contributed by atoms with Gasteiger partial charge in [-0.2, -0.15) is 0 Å². The van der Waals surface area contributed by atoms with Gasteiger partial charge in [0, 0.05) is 6.42 Å². The summed E-state index contributed by atoms with van der Waals surface area (Å²) in [6.45, 7) is 0. The van der Waals surface area contributed by atoms with E-state index in [2.05, 4.69) is 91.0 Å². The molecule has 0 aliphatic carbocycles. The van der Waals surface area contributed by atoms with E-state index < -0.39 is 8.07 Å². The van der Waals surface area contributed by atoms with Crippen LogP contribution in [0.5, 0.6) is 0 Å². The molecular weight excluding hydrogens is 296 g/mol. The topological polar surface area (TPSA) is 17.1 Å². The van der Waals surface area contributed by atoms with Crippen molar-refractivity contribution in [3.8, 4) is 0 Å². The van der Waals surface area contributed by atoms with Crippen LogP contribution in [0.1, 0.15) is 6.42 Å². The zero-order valence-electron chi connectivity index (χ0n) is 13.1. The molecule has 0 unspecified atom stereocenters. The molecule has 0 aliphatic heterocycles. The van der Waals surface area contributed by atoms with E-state index in [1.54, 1.807) is 0 Å². The van der Waals surface area contributed by atoms with Crippen LogP contribution in [0.2, 0.25) is 6.04 Å². The molecule has 114 valence electrons. The van der Waals surface area contributed by atoms with Crippen molar-refractivity contribution in [2.45, 2.75) is 12.5 Å². The summed E-state index contributed by atoms with van der Waals surface area (Å²) < 4.78 is 0. The van der Waals surface area contributed by atoms with Gasteiger partial charge >= 0.3 is 0 Å². The predicted octanol–water partition coefficient (Wildman–Crippen LogP) is 2.75. The largest absolute Gasteiger partial charge is 0.303 e. The molecule has 0 amide bonds. The van der Waals surface area contributed by atoms with Crippen molar-refractivity contribution < 1.29 is 4.79 Å². The van der Waals surface area contributed by atoms with Gasteiger partial charge in [-0.15, -0.1) is 0 Å². The molecule has 0 aliphatic rings. The lowest BCUT2D eigenvalue weighted by Gasteiger charge is -2.33. The van der Waals surface area contributed by atoms with Crippen LogP contribution in [0, 0.1) is 0 Å². The van der Waals surface area contributed by atoms with E-state index in [1.807, 2.05) is 0 Å². The molecule has 0 atom stereocenters. The van der Waals surface area contributed by atoms with Gasteiger partial charge in [-0.05, 0) is 21.6 Å². The Labute approximate surface area is 138 Å². The third-order valence-electron chi connectivity index (χ3n) is 4.44. The first-order valence-corrected chi connectivity index (χ1v) is 10.2. The van der Waals surface area contributed by atoms with E-state index in [1.165, 1.54) is 15.6 Å². The van der Waals surface area contributed by atoms with Crippen LogP contribution in [0.3, 0.4) is 0 Å². The van der Waals surface area contributed by atoms with E-state index in [4.69, 9.17) is 0 Å². The molecule has 3 aromatic rings. The third kappa shape index (κ3) is 3.03. The van der Waals surface area contributed by atoms with Crippen LogP contribution >= 0.6 is 0 Å². The van der Waals surface area contributed by atoms with Crippen molar-refractivity contribution in [2.24, 2.45) is 0 Å².